The molecule has 3 rings (SSSR count). The van der Waals surface area contributed by atoms with Crippen molar-refractivity contribution in [2.75, 3.05) is 5.32 Å². The molecule has 4 nitrogen and oxygen atoms in total. The quantitative estimate of drug-likeness (QED) is 0.241. The Morgan fingerprint density at radius 1 is 1.03 bits per heavy atom. The number of carbonyl (C=O) groups excluding carboxylic acids is 1. The summed E-state index contributed by atoms with van der Waals surface area (Å²) in [5.41, 5.74) is 1.85. The summed E-state index contributed by atoms with van der Waals surface area (Å²) in [5.74, 6) is -0.0186. The standard InChI is InChI=1S/C23H14Br2Cl2N2O2/c24-17-2-6-20(7-3-17)29-23(30)16(12-28)9-15-10-18(25)4-8-22(15)31-13-14-1-5-19(26)11-21(14)27/h1-11H,13H2,(H,29,30)/b16-9+. The Hall–Kier alpha value is -2.30. The molecule has 0 aliphatic heterocycles. The van der Waals surface area contributed by atoms with Crippen LogP contribution in [0.5, 0.6) is 5.75 Å². The maximum atomic E-state index is 12.6. The highest BCUT2D eigenvalue weighted by Crippen LogP contribution is 2.28. The topological polar surface area (TPSA) is 62.1 Å². The summed E-state index contributed by atoms with van der Waals surface area (Å²) < 4.78 is 7.58. The number of nitrogens with one attached hydrogen (secondary N) is 1. The van der Waals surface area contributed by atoms with E-state index in [0.29, 0.717) is 27.0 Å². The Morgan fingerprint density at radius 3 is 2.42 bits per heavy atom. The molecule has 31 heavy (non-hydrogen) atoms. The van der Waals surface area contributed by atoms with E-state index in [1.54, 1.807) is 54.6 Å². The van der Waals surface area contributed by atoms with E-state index in [1.165, 1.54) is 6.08 Å². The highest BCUT2D eigenvalue weighted by molar-refractivity contribution is 9.10. The van der Waals surface area contributed by atoms with Crippen LogP contribution in [0.1, 0.15) is 11.1 Å². The van der Waals surface area contributed by atoms with Crippen LogP contribution < -0.4 is 10.1 Å². The highest BCUT2D eigenvalue weighted by Gasteiger charge is 2.13. The molecule has 0 heterocycles. The fourth-order valence-electron chi connectivity index (χ4n) is 2.59. The molecule has 3 aromatic carbocycles. The molecule has 0 aliphatic carbocycles. The molecule has 0 spiro atoms. The minimum absolute atomic E-state index is 0.0598. The zero-order valence-corrected chi connectivity index (χ0v) is 20.5. The van der Waals surface area contributed by atoms with E-state index < -0.39 is 5.91 Å². The second kappa shape index (κ2) is 10.8. The molecular formula is C23H14Br2Cl2N2O2. The number of carbonyl (C=O) groups is 1. The molecule has 0 aliphatic rings. The second-order valence-electron chi connectivity index (χ2n) is 6.34. The van der Waals surface area contributed by atoms with E-state index in [0.717, 1.165) is 14.5 Å². The van der Waals surface area contributed by atoms with Crippen LogP contribution in [0.3, 0.4) is 0 Å². The number of ether oxygens (including phenoxy) is 1. The third kappa shape index (κ3) is 6.59. The van der Waals surface area contributed by atoms with Crippen LogP contribution in [0, 0.1) is 11.3 Å². The molecule has 8 heteroatoms. The molecule has 0 fully saturated rings. The van der Waals surface area contributed by atoms with Crippen molar-refractivity contribution in [1.82, 2.24) is 0 Å². The van der Waals surface area contributed by atoms with Crippen molar-refractivity contribution in [3.05, 3.63) is 96.4 Å². The first-order valence-electron chi connectivity index (χ1n) is 8.90. The molecule has 0 unspecified atom stereocenters. The predicted molar refractivity (Wildman–Crippen MR) is 131 cm³/mol. The van der Waals surface area contributed by atoms with Gasteiger partial charge in [-0.05, 0) is 60.7 Å². The zero-order valence-electron chi connectivity index (χ0n) is 15.8. The number of benzene rings is 3. The SMILES string of the molecule is N#C/C(=C\c1cc(Br)ccc1OCc1ccc(Cl)cc1Cl)C(=O)Nc1ccc(Br)cc1. The normalized spacial score (nSPS) is 11.0. The van der Waals surface area contributed by atoms with Gasteiger partial charge in [0.05, 0.1) is 0 Å². The fourth-order valence-corrected chi connectivity index (χ4v) is 3.70. The Bertz CT molecular complexity index is 1190. The van der Waals surface area contributed by atoms with E-state index in [9.17, 15) is 10.1 Å². The number of amides is 1. The number of nitriles is 1. The molecule has 0 saturated carbocycles. The number of nitrogens with zero attached hydrogens (tertiary/aromatic N) is 1. The number of halogens is 4. The van der Waals surface area contributed by atoms with Gasteiger partial charge in [-0.3, -0.25) is 4.79 Å². The van der Waals surface area contributed by atoms with Crippen LogP contribution in [0.25, 0.3) is 6.08 Å². The van der Waals surface area contributed by atoms with Crippen molar-refractivity contribution >= 4 is 72.7 Å². The van der Waals surface area contributed by atoms with E-state index in [1.807, 2.05) is 12.1 Å². The number of anilines is 1. The lowest BCUT2D eigenvalue weighted by molar-refractivity contribution is -0.112. The summed E-state index contributed by atoms with van der Waals surface area (Å²) in [7, 11) is 0. The number of hydrogen-bond acceptors (Lipinski definition) is 3. The molecule has 1 N–H and O–H groups in total. The first kappa shape index (κ1) is 23.4. The van der Waals surface area contributed by atoms with Gasteiger partial charge in [-0.2, -0.15) is 5.26 Å². The third-order valence-electron chi connectivity index (χ3n) is 4.14. The van der Waals surface area contributed by atoms with Gasteiger partial charge in [-0.1, -0.05) is 61.1 Å². The Kier molecular flexibility index (Phi) is 8.16. The second-order valence-corrected chi connectivity index (χ2v) is 9.01. The summed E-state index contributed by atoms with van der Waals surface area (Å²) in [6, 6.07) is 19.5. The number of rotatable bonds is 6. The van der Waals surface area contributed by atoms with Crippen molar-refractivity contribution < 1.29 is 9.53 Å². The van der Waals surface area contributed by atoms with Crippen LogP contribution in [-0.2, 0) is 11.4 Å². The highest BCUT2D eigenvalue weighted by atomic mass is 79.9. The fraction of sp³-hybridized carbons (Fsp3) is 0.0435. The lowest BCUT2D eigenvalue weighted by Crippen LogP contribution is -2.13. The molecular weight excluding hydrogens is 567 g/mol. The maximum Gasteiger partial charge on any atom is 0.266 e. The van der Waals surface area contributed by atoms with Crippen molar-refractivity contribution in [2.24, 2.45) is 0 Å². The smallest absolute Gasteiger partial charge is 0.266 e. The molecule has 0 aromatic heterocycles. The van der Waals surface area contributed by atoms with Gasteiger partial charge < -0.3 is 10.1 Å². The lowest BCUT2D eigenvalue weighted by atomic mass is 10.1. The maximum absolute atomic E-state index is 12.6. The predicted octanol–water partition coefficient (Wildman–Crippen LogP) is 7.64. The summed E-state index contributed by atoms with van der Waals surface area (Å²) in [5, 5.41) is 13.3. The van der Waals surface area contributed by atoms with Gasteiger partial charge in [0.1, 0.15) is 24.0 Å². The van der Waals surface area contributed by atoms with Gasteiger partial charge in [0, 0.05) is 35.8 Å². The van der Waals surface area contributed by atoms with Crippen LogP contribution in [0.2, 0.25) is 10.0 Å². The van der Waals surface area contributed by atoms with Gasteiger partial charge in [-0.25, -0.2) is 0 Å². The summed E-state index contributed by atoms with van der Waals surface area (Å²) in [6.45, 7) is 0.200. The average molecular weight is 581 g/mol. The number of hydrogen-bond donors (Lipinski definition) is 1. The van der Waals surface area contributed by atoms with Gasteiger partial charge in [-0.15, -0.1) is 0 Å². The first-order valence-corrected chi connectivity index (χ1v) is 11.2. The lowest BCUT2D eigenvalue weighted by Gasteiger charge is -2.12. The molecule has 0 saturated heterocycles. The molecule has 0 atom stereocenters. The zero-order chi connectivity index (χ0) is 22.4. The molecule has 156 valence electrons. The van der Waals surface area contributed by atoms with E-state index in [-0.39, 0.29) is 12.2 Å². The Morgan fingerprint density at radius 2 is 1.74 bits per heavy atom. The summed E-state index contributed by atoms with van der Waals surface area (Å²) in [6.07, 6.45) is 1.48. The van der Waals surface area contributed by atoms with Crippen molar-refractivity contribution in [3.63, 3.8) is 0 Å². The third-order valence-corrected chi connectivity index (χ3v) is 5.75. The van der Waals surface area contributed by atoms with Gasteiger partial charge >= 0.3 is 0 Å². The minimum Gasteiger partial charge on any atom is -0.488 e. The Balaban J connectivity index is 1.83. The van der Waals surface area contributed by atoms with Crippen LogP contribution in [0.4, 0.5) is 5.69 Å². The average Bonchev–Trinajstić information content (AvgIpc) is 2.74. The van der Waals surface area contributed by atoms with E-state index in [4.69, 9.17) is 27.9 Å². The van der Waals surface area contributed by atoms with Crippen molar-refractivity contribution in [1.29, 1.82) is 5.26 Å². The molecule has 1 amide bonds. The minimum atomic E-state index is -0.517. The van der Waals surface area contributed by atoms with Crippen LogP contribution in [-0.4, -0.2) is 5.91 Å². The van der Waals surface area contributed by atoms with Crippen molar-refractivity contribution in [2.45, 2.75) is 6.61 Å². The monoisotopic (exact) mass is 578 g/mol. The van der Waals surface area contributed by atoms with E-state index in [2.05, 4.69) is 37.2 Å². The van der Waals surface area contributed by atoms with Gasteiger partial charge in [0.15, 0.2) is 0 Å². The first-order chi connectivity index (χ1) is 14.9. The summed E-state index contributed by atoms with van der Waals surface area (Å²) in [4.78, 5) is 12.6. The molecule has 3 aromatic rings. The van der Waals surface area contributed by atoms with Crippen LogP contribution >= 0.6 is 55.1 Å². The largest absolute Gasteiger partial charge is 0.488 e. The van der Waals surface area contributed by atoms with Gasteiger partial charge in [0.25, 0.3) is 5.91 Å². The van der Waals surface area contributed by atoms with Crippen LogP contribution in [0.15, 0.2) is 75.2 Å². The van der Waals surface area contributed by atoms with Crippen molar-refractivity contribution in [3.8, 4) is 11.8 Å². The molecule has 0 radical (unpaired) electrons. The molecule has 0 bridgehead atoms. The van der Waals surface area contributed by atoms with Gasteiger partial charge in [0.2, 0.25) is 0 Å². The van der Waals surface area contributed by atoms with E-state index >= 15 is 0 Å². The Labute approximate surface area is 206 Å². The summed E-state index contributed by atoms with van der Waals surface area (Å²) >= 11 is 18.9.